The summed E-state index contributed by atoms with van der Waals surface area (Å²) >= 11 is 1.77. The van der Waals surface area contributed by atoms with Crippen molar-refractivity contribution in [1.29, 1.82) is 0 Å². The Hall–Kier alpha value is -2.03. The lowest BCUT2D eigenvalue weighted by atomic mass is 10.1. The van der Waals surface area contributed by atoms with Gasteiger partial charge in [0, 0.05) is 54.8 Å². The number of nitrogens with zero attached hydrogens (tertiary/aromatic N) is 5. The lowest BCUT2D eigenvalue weighted by molar-refractivity contribution is 0.150. The first kappa shape index (κ1) is 16.4. The van der Waals surface area contributed by atoms with Crippen molar-refractivity contribution in [3.8, 4) is 0 Å². The Balaban J connectivity index is 1.35. The molecule has 3 N–H and O–H groups in total. The molecule has 0 radical (unpaired) electrons. The lowest BCUT2D eigenvalue weighted by Crippen LogP contribution is -2.27. The number of aliphatic hydroxyl groups excluding tert-OH is 1. The minimum atomic E-state index is -0.303. The van der Waals surface area contributed by atoms with Crippen LogP contribution in [0, 0.1) is 5.92 Å². The highest BCUT2D eigenvalue weighted by Gasteiger charge is 2.34. The summed E-state index contributed by atoms with van der Waals surface area (Å²) in [5.41, 5.74) is 7.43. The van der Waals surface area contributed by atoms with Crippen LogP contribution in [0.3, 0.4) is 0 Å². The highest BCUT2D eigenvalue weighted by atomic mass is 32.2. The number of nitrogen functional groups attached to an aromatic ring is 1. The van der Waals surface area contributed by atoms with Gasteiger partial charge in [-0.2, -0.15) is 0 Å². The number of pyridine rings is 1. The molecular weight excluding hydrogens is 336 g/mol. The molecule has 0 aromatic carbocycles. The van der Waals surface area contributed by atoms with Crippen LogP contribution in [0.1, 0.15) is 11.6 Å². The molecule has 7 nitrogen and oxygen atoms in total. The lowest BCUT2D eigenvalue weighted by Gasteiger charge is -2.19. The van der Waals surface area contributed by atoms with E-state index in [1.54, 1.807) is 24.2 Å². The number of anilines is 1. The summed E-state index contributed by atoms with van der Waals surface area (Å²) in [6.45, 7) is 2.35. The summed E-state index contributed by atoms with van der Waals surface area (Å²) < 4.78 is 0. The van der Waals surface area contributed by atoms with Crippen LogP contribution in [-0.4, -0.2) is 62.7 Å². The Kier molecular flexibility index (Phi) is 4.65. The zero-order chi connectivity index (χ0) is 17.2. The SMILES string of the molecule is Nc1ncnc2c1N=CC2CN1C[C@H](CSc2ccncc2)[C@@H](O)C1. The van der Waals surface area contributed by atoms with Gasteiger partial charge in [-0.05, 0) is 12.1 Å². The van der Waals surface area contributed by atoms with Gasteiger partial charge in [-0.3, -0.25) is 14.9 Å². The molecule has 4 rings (SSSR count). The van der Waals surface area contributed by atoms with Crippen molar-refractivity contribution < 1.29 is 5.11 Å². The van der Waals surface area contributed by atoms with E-state index in [2.05, 4.69) is 24.8 Å². The number of fused-ring (bicyclic) bond motifs is 1. The van der Waals surface area contributed by atoms with Gasteiger partial charge in [0.2, 0.25) is 0 Å². The number of rotatable bonds is 5. The molecule has 130 valence electrons. The van der Waals surface area contributed by atoms with Crippen LogP contribution in [0.15, 0.2) is 40.7 Å². The first-order valence-corrected chi connectivity index (χ1v) is 9.27. The molecule has 0 bridgehead atoms. The summed E-state index contributed by atoms with van der Waals surface area (Å²) in [6.07, 6.45) is 6.67. The molecule has 2 aromatic rings. The summed E-state index contributed by atoms with van der Waals surface area (Å²) in [6, 6.07) is 4.00. The van der Waals surface area contributed by atoms with Crippen molar-refractivity contribution in [1.82, 2.24) is 19.9 Å². The van der Waals surface area contributed by atoms with Gasteiger partial charge >= 0.3 is 0 Å². The van der Waals surface area contributed by atoms with E-state index in [4.69, 9.17) is 5.73 Å². The summed E-state index contributed by atoms with van der Waals surface area (Å²) in [5, 5.41) is 10.4. The van der Waals surface area contributed by atoms with E-state index < -0.39 is 0 Å². The fraction of sp³-hybridized carbons (Fsp3) is 0.412. The number of aliphatic imine (C=N–C) groups is 1. The molecular formula is C17H20N6OS. The normalized spacial score (nSPS) is 25.4. The molecule has 0 amide bonds. The van der Waals surface area contributed by atoms with Crippen LogP contribution < -0.4 is 5.73 Å². The van der Waals surface area contributed by atoms with Gasteiger partial charge in [0.1, 0.15) is 12.0 Å². The second-order valence-electron chi connectivity index (χ2n) is 6.42. The molecule has 0 saturated carbocycles. The van der Waals surface area contributed by atoms with Gasteiger partial charge in [-0.25, -0.2) is 9.97 Å². The molecule has 3 atom stereocenters. The summed E-state index contributed by atoms with van der Waals surface area (Å²) in [5.74, 6) is 1.69. The van der Waals surface area contributed by atoms with Crippen LogP contribution in [0.4, 0.5) is 11.5 Å². The Bertz CT molecular complexity index is 771. The van der Waals surface area contributed by atoms with E-state index in [0.29, 0.717) is 18.1 Å². The van der Waals surface area contributed by atoms with Crippen molar-refractivity contribution in [3.63, 3.8) is 0 Å². The first-order chi connectivity index (χ1) is 12.2. The van der Waals surface area contributed by atoms with Crippen molar-refractivity contribution in [2.24, 2.45) is 10.9 Å². The second-order valence-corrected chi connectivity index (χ2v) is 7.51. The number of aliphatic hydroxyl groups is 1. The van der Waals surface area contributed by atoms with E-state index in [0.717, 1.165) is 24.5 Å². The third-order valence-electron chi connectivity index (χ3n) is 4.66. The predicted octanol–water partition coefficient (Wildman–Crippen LogP) is 1.34. The maximum Gasteiger partial charge on any atom is 0.153 e. The standard InChI is InChI=1S/C17H20N6OS/c18-17-16-15(21-10-22-17)11(5-20-16)6-23-7-12(14(24)8-23)9-25-13-1-3-19-4-2-13/h1-5,10-12,14,24H,6-9H2,(H2,18,21,22)/t11?,12-,14+/m1/s1. The number of hydrogen-bond donors (Lipinski definition) is 2. The Labute approximate surface area is 150 Å². The van der Waals surface area contributed by atoms with Crippen molar-refractivity contribution in [2.45, 2.75) is 16.9 Å². The molecule has 1 unspecified atom stereocenters. The largest absolute Gasteiger partial charge is 0.391 e. The molecule has 8 heteroatoms. The van der Waals surface area contributed by atoms with E-state index in [-0.39, 0.29) is 17.9 Å². The van der Waals surface area contributed by atoms with Gasteiger partial charge in [0.25, 0.3) is 0 Å². The fourth-order valence-corrected chi connectivity index (χ4v) is 4.40. The molecule has 4 heterocycles. The zero-order valence-electron chi connectivity index (χ0n) is 13.7. The maximum atomic E-state index is 10.4. The number of thioether (sulfide) groups is 1. The summed E-state index contributed by atoms with van der Waals surface area (Å²) in [4.78, 5) is 20.2. The second kappa shape index (κ2) is 7.07. The van der Waals surface area contributed by atoms with Gasteiger partial charge in [0.15, 0.2) is 5.82 Å². The van der Waals surface area contributed by atoms with Gasteiger partial charge in [-0.15, -0.1) is 11.8 Å². The Morgan fingerprint density at radius 3 is 2.92 bits per heavy atom. The highest BCUT2D eigenvalue weighted by molar-refractivity contribution is 7.99. The topological polar surface area (TPSA) is 101 Å². The smallest absolute Gasteiger partial charge is 0.153 e. The van der Waals surface area contributed by atoms with Crippen molar-refractivity contribution in [3.05, 3.63) is 36.5 Å². The zero-order valence-corrected chi connectivity index (χ0v) is 14.5. The molecule has 25 heavy (non-hydrogen) atoms. The number of β-amino-alcohol motifs (C(OH)–C–C–N with tert-alkyl or cyclic N) is 1. The Morgan fingerprint density at radius 2 is 2.08 bits per heavy atom. The van der Waals surface area contributed by atoms with Gasteiger partial charge in [-0.1, -0.05) is 0 Å². The molecule has 2 aliphatic heterocycles. The van der Waals surface area contributed by atoms with Crippen molar-refractivity contribution in [2.75, 3.05) is 31.1 Å². The highest BCUT2D eigenvalue weighted by Crippen LogP contribution is 2.35. The predicted molar refractivity (Wildman–Crippen MR) is 98.2 cm³/mol. The molecule has 0 aliphatic carbocycles. The van der Waals surface area contributed by atoms with Crippen molar-refractivity contribution >= 4 is 29.5 Å². The van der Waals surface area contributed by atoms with Crippen LogP contribution >= 0.6 is 11.8 Å². The van der Waals surface area contributed by atoms with Crippen LogP contribution in [0.5, 0.6) is 0 Å². The molecule has 2 aliphatic rings. The third kappa shape index (κ3) is 3.51. The number of aromatic nitrogens is 3. The summed E-state index contributed by atoms with van der Waals surface area (Å²) in [7, 11) is 0. The molecule has 1 fully saturated rings. The van der Waals surface area contributed by atoms with Gasteiger partial charge in [0.05, 0.1) is 17.7 Å². The molecule has 0 spiro atoms. The van der Waals surface area contributed by atoms with E-state index in [9.17, 15) is 5.11 Å². The fourth-order valence-electron chi connectivity index (χ4n) is 3.35. The third-order valence-corrected chi connectivity index (χ3v) is 5.86. The maximum absolute atomic E-state index is 10.4. The monoisotopic (exact) mass is 356 g/mol. The molecule has 1 saturated heterocycles. The van der Waals surface area contributed by atoms with Crippen LogP contribution in [0.2, 0.25) is 0 Å². The first-order valence-electron chi connectivity index (χ1n) is 8.28. The van der Waals surface area contributed by atoms with Crippen LogP contribution in [0.25, 0.3) is 0 Å². The average molecular weight is 356 g/mol. The number of hydrogen-bond acceptors (Lipinski definition) is 8. The number of nitrogens with two attached hydrogens (primary N) is 1. The van der Waals surface area contributed by atoms with E-state index in [1.807, 2.05) is 18.3 Å². The van der Waals surface area contributed by atoms with E-state index >= 15 is 0 Å². The average Bonchev–Trinajstić information content (AvgIpc) is 3.19. The number of likely N-dealkylation sites (tertiary alicyclic amines) is 1. The van der Waals surface area contributed by atoms with Crippen LogP contribution in [-0.2, 0) is 0 Å². The minimum absolute atomic E-state index is 0.110. The van der Waals surface area contributed by atoms with Gasteiger partial charge < -0.3 is 10.8 Å². The minimum Gasteiger partial charge on any atom is -0.391 e. The Morgan fingerprint density at radius 1 is 1.24 bits per heavy atom. The quantitative estimate of drug-likeness (QED) is 0.780. The molecule has 2 aromatic heterocycles. The van der Waals surface area contributed by atoms with E-state index in [1.165, 1.54) is 11.2 Å².